The van der Waals surface area contributed by atoms with Crippen molar-refractivity contribution in [3.63, 3.8) is 0 Å². The van der Waals surface area contributed by atoms with E-state index in [9.17, 15) is 9.90 Å². The quantitative estimate of drug-likeness (QED) is 0.717. The predicted molar refractivity (Wildman–Crippen MR) is 91.5 cm³/mol. The molecule has 6 heteroatoms. The first kappa shape index (κ1) is 16.4. The zero-order chi connectivity index (χ0) is 17.1. The average molecular weight is 346 g/mol. The molecule has 0 radical (unpaired) electrons. The number of nitrogens with zero attached hydrogens (tertiary/aromatic N) is 1. The highest BCUT2D eigenvalue weighted by atomic mass is 35.5. The van der Waals surface area contributed by atoms with Crippen LogP contribution in [-0.4, -0.2) is 27.4 Å². The number of rotatable bonds is 6. The third kappa shape index (κ3) is 3.37. The summed E-state index contributed by atoms with van der Waals surface area (Å²) >= 11 is 5.83. The molecule has 0 aliphatic carbocycles. The van der Waals surface area contributed by atoms with Crippen molar-refractivity contribution in [2.45, 2.75) is 12.6 Å². The first-order chi connectivity index (χ1) is 11.6. The summed E-state index contributed by atoms with van der Waals surface area (Å²) in [5, 5.41) is 20.3. The van der Waals surface area contributed by atoms with Gasteiger partial charge in [0.15, 0.2) is 6.10 Å². The largest absolute Gasteiger partial charge is 0.492 e. The van der Waals surface area contributed by atoms with Crippen molar-refractivity contribution in [2.24, 2.45) is 0 Å². The molecular weight excluding hydrogens is 330 g/mol. The van der Waals surface area contributed by atoms with Gasteiger partial charge >= 0.3 is 5.97 Å². The van der Waals surface area contributed by atoms with Crippen LogP contribution in [0.5, 0.6) is 5.75 Å². The molecule has 5 nitrogen and oxygen atoms in total. The Balaban J connectivity index is 1.79. The maximum absolute atomic E-state index is 11.1. The molecule has 1 aromatic heterocycles. The maximum atomic E-state index is 11.1. The molecule has 1 unspecified atom stereocenters. The lowest BCUT2D eigenvalue weighted by Crippen LogP contribution is -2.10. The Kier molecular flexibility index (Phi) is 4.74. The van der Waals surface area contributed by atoms with Crippen LogP contribution in [0.1, 0.15) is 11.7 Å². The topological polar surface area (TPSA) is 71.7 Å². The molecule has 0 bridgehead atoms. The van der Waals surface area contributed by atoms with Gasteiger partial charge in [0, 0.05) is 27.7 Å². The standard InChI is InChI=1S/C18H16ClNO4/c19-12-5-7-13(8-6-12)24-10-9-20-11-15(17(21)18(22)23)14-3-1-2-4-16(14)20/h1-8,11,17,21H,9-10H2,(H,22,23). The fraction of sp³-hybridized carbons (Fsp3) is 0.167. The monoisotopic (exact) mass is 345 g/mol. The summed E-state index contributed by atoms with van der Waals surface area (Å²) in [5.41, 5.74) is 1.23. The zero-order valence-electron chi connectivity index (χ0n) is 12.7. The highest BCUT2D eigenvalue weighted by Gasteiger charge is 2.21. The minimum atomic E-state index is -1.55. The van der Waals surface area contributed by atoms with Crippen LogP contribution in [0.25, 0.3) is 10.9 Å². The smallest absolute Gasteiger partial charge is 0.337 e. The molecule has 0 spiro atoms. The Hall–Kier alpha value is -2.50. The second-order valence-corrected chi connectivity index (χ2v) is 5.77. The number of halogens is 1. The Morgan fingerprint density at radius 3 is 2.58 bits per heavy atom. The molecule has 0 saturated carbocycles. The molecule has 2 N–H and O–H groups in total. The molecule has 3 rings (SSSR count). The van der Waals surface area contributed by atoms with E-state index in [0.717, 1.165) is 10.9 Å². The van der Waals surface area contributed by atoms with Crippen molar-refractivity contribution < 1.29 is 19.7 Å². The second-order valence-electron chi connectivity index (χ2n) is 5.34. The average Bonchev–Trinajstić information content (AvgIpc) is 2.95. The molecule has 1 heterocycles. The van der Waals surface area contributed by atoms with Crippen LogP contribution >= 0.6 is 11.6 Å². The van der Waals surface area contributed by atoms with E-state index in [2.05, 4.69) is 0 Å². The minimum absolute atomic E-state index is 0.379. The highest BCUT2D eigenvalue weighted by molar-refractivity contribution is 6.30. The first-order valence-corrected chi connectivity index (χ1v) is 7.81. The number of ether oxygens (including phenoxy) is 1. The van der Waals surface area contributed by atoms with Gasteiger partial charge in [-0.15, -0.1) is 0 Å². The van der Waals surface area contributed by atoms with Crippen LogP contribution in [0.2, 0.25) is 5.02 Å². The number of aliphatic carboxylic acids is 1. The number of carbonyl (C=O) groups is 1. The third-order valence-corrected chi connectivity index (χ3v) is 4.01. The lowest BCUT2D eigenvalue weighted by molar-refractivity contribution is -0.146. The molecule has 0 amide bonds. The van der Waals surface area contributed by atoms with E-state index in [0.29, 0.717) is 29.5 Å². The van der Waals surface area contributed by atoms with E-state index in [1.807, 2.05) is 22.8 Å². The molecule has 1 atom stereocenters. The van der Waals surface area contributed by atoms with Crippen LogP contribution in [-0.2, 0) is 11.3 Å². The molecule has 124 valence electrons. The van der Waals surface area contributed by atoms with Gasteiger partial charge in [0.25, 0.3) is 0 Å². The summed E-state index contributed by atoms with van der Waals surface area (Å²) in [4.78, 5) is 11.1. The van der Waals surface area contributed by atoms with Gasteiger partial charge in [-0.05, 0) is 30.3 Å². The molecule has 0 saturated heterocycles. The number of fused-ring (bicyclic) bond motifs is 1. The van der Waals surface area contributed by atoms with Crippen molar-refractivity contribution in [2.75, 3.05) is 6.61 Å². The molecule has 2 aromatic carbocycles. The molecule has 3 aromatic rings. The summed E-state index contributed by atoms with van der Waals surface area (Å²) < 4.78 is 7.55. The molecule has 0 aliphatic heterocycles. The van der Waals surface area contributed by atoms with Crippen molar-refractivity contribution in [3.05, 3.63) is 65.3 Å². The van der Waals surface area contributed by atoms with Crippen molar-refractivity contribution in [3.8, 4) is 5.75 Å². The maximum Gasteiger partial charge on any atom is 0.337 e. The fourth-order valence-corrected chi connectivity index (χ4v) is 2.73. The number of hydrogen-bond acceptors (Lipinski definition) is 3. The van der Waals surface area contributed by atoms with Gasteiger partial charge in [-0.3, -0.25) is 0 Å². The van der Waals surface area contributed by atoms with Gasteiger partial charge in [0.05, 0.1) is 6.54 Å². The summed E-state index contributed by atoms with van der Waals surface area (Å²) in [6.07, 6.45) is 0.114. The second kappa shape index (κ2) is 6.95. The first-order valence-electron chi connectivity index (χ1n) is 7.43. The summed E-state index contributed by atoms with van der Waals surface area (Å²) in [7, 11) is 0. The molecular formula is C18H16ClNO4. The van der Waals surface area contributed by atoms with Crippen molar-refractivity contribution in [1.29, 1.82) is 0 Å². The SMILES string of the molecule is O=C(O)C(O)c1cn(CCOc2ccc(Cl)cc2)c2ccccc12. The van der Waals surface area contributed by atoms with Crippen LogP contribution in [0, 0.1) is 0 Å². The Labute approximate surface area is 143 Å². The van der Waals surface area contributed by atoms with Crippen LogP contribution < -0.4 is 4.74 Å². The van der Waals surface area contributed by atoms with Gasteiger partial charge in [0.2, 0.25) is 0 Å². The van der Waals surface area contributed by atoms with Gasteiger partial charge < -0.3 is 19.5 Å². The van der Waals surface area contributed by atoms with E-state index < -0.39 is 12.1 Å². The molecule has 0 fully saturated rings. The lowest BCUT2D eigenvalue weighted by atomic mass is 10.1. The summed E-state index contributed by atoms with van der Waals surface area (Å²) in [5.74, 6) is -0.558. The third-order valence-electron chi connectivity index (χ3n) is 3.76. The van der Waals surface area contributed by atoms with Crippen molar-refractivity contribution in [1.82, 2.24) is 4.57 Å². The van der Waals surface area contributed by atoms with Gasteiger partial charge in [-0.2, -0.15) is 0 Å². The van der Waals surface area contributed by atoms with E-state index in [1.54, 1.807) is 36.5 Å². The van der Waals surface area contributed by atoms with Gasteiger partial charge in [-0.25, -0.2) is 4.79 Å². The highest BCUT2D eigenvalue weighted by Crippen LogP contribution is 2.27. The summed E-state index contributed by atoms with van der Waals surface area (Å²) in [6, 6.07) is 14.5. The van der Waals surface area contributed by atoms with Gasteiger partial charge in [-0.1, -0.05) is 29.8 Å². The summed E-state index contributed by atoms with van der Waals surface area (Å²) in [6.45, 7) is 0.929. The molecule has 24 heavy (non-hydrogen) atoms. The fourth-order valence-electron chi connectivity index (χ4n) is 2.60. The number of hydrogen-bond donors (Lipinski definition) is 2. The molecule has 0 aliphatic rings. The number of aliphatic hydroxyl groups excluding tert-OH is 1. The van der Waals surface area contributed by atoms with Crippen molar-refractivity contribution >= 4 is 28.5 Å². The normalized spacial score (nSPS) is 12.2. The van der Waals surface area contributed by atoms with Crippen LogP contribution in [0.4, 0.5) is 0 Å². The number of aliphatic hydroxyl groups is 1. The number of para-hydroxylation sites is 1. The van der Waals surface area contributed by atoms with E-state index in [-0.39, 0.29) is 0 Å². The predicted octanol–water partition coefficient (Wildman–Crippen LogP) is 3.49. The Bertz CT molecular complexity index is 857. The Morgan fingerprint density at radius 1 is 1.17 bits per heavy atom. The number of benzene rings is 2. The van der Waals surface area contributed by atoms with Gasteiger partial charge in [0.1, 0.15) is 12.4 Å². The van der Waals surface area contributed by atoms with E-state index in [4.69, 9.17) is 21.4 Å². The van der Waals surface area contributed by atoms with E-state index >= 15 is 0 Å². The van der Waals surface area contributed by atoms with E-state index in [1.165, 1.54) is 0 Å². The number of carboxylic acid groups (broad SMARTS) is 1. The zero-order valence-corrected chi connectivity index (χ0v) is 13.5. The van der Waals surface area contributed by atoms with Crippen LogP contribution in [0.3, 0.4) is 0 Å². The number of aromatic nitrogens is 1. The van der Waals surface area contributed by atoms with Crippen LogP contribution in [0.15, 0.2) is 54.7 Å². The lowest BCUT2D eigenvalue weighted by Gasteiger charge is -2.08. The Morgan fingerprint density at radius 2 is 1.88 bits per heavy atom. The minimum Gasteiger partial charge on any atom is -0.492 e. The number of carboxylic acids is 1.